The normalized spacial score (nSPS) is 11.6. The molecule has 23 heavy (non-hydrogen) atoms. The molecule has 0 saturated heterocycles. The second-order valence-corrected chi connectivity index (χ2v) is 6.00. The van der Waals surface area contributed by atoms with Gasteiger partial charge in [0.1, 0.15) is 11.8 Å². The molecule has 1 atom stereocenters. The Hall–Kier alpha value is -2.34. The van der Waals surface area contributed by atoms with Gasteiger partial charge in [-0.2, -0.15) is 11.3 Å². The Bertz CT molecular complexity index is 629. The van der Waals surface area contributed by atoms with Gasteiger partial charge >= 0.3 is 0 Å². The molecule has 0 aliphatic carbocycles. The lowest BCUT2D eigenvalue weighted by molar-refractivity contribution is -0.135. The maximum atomic E-state index is 12.3. The zero-order valence-corrected chi connectivity index (χ0v) is 14.0. The fraction of sp³-hybridized carbons (Fsp3) is 0.294. The molecule has 1 N–H and O–H groups in total. The number of carbonyl (C=O) groups is 2. The fourth-order valence-electron chi connectivity index (χ4n) is 2.08. The summed E-state index contributed by atoms with van der Waals surface area (Å²) in [7, 11) is 1.73. The van der Waals surface area contributed by atoms with Crippen LogP contribution in [0.4, 0.5) is 0 Å². The van der Waals surface area contributed by atoms with Gasteiger partial charge in [0.25, 0.3) is 5.91 Å². The maximum Gasteiger partial charge on any atom is 0.258 e. The smallest absolute Gasteiger partial charge is 0.258 e. The van der Waals surface area contributed by atoms with E-state index in [4.69, 9.17) is 4.74 Å². The largest absolute Gasteiger partial charge is 0.484 e. The number of hydrogen-bond acceptors (Lipinski definition) is 4. The van der Waals surface area contributed by atoms with E-state index in [1.54, 1.807) is 42.3 Å². The Morgan fingerprint density at radius 1 is 1.26 bits per heavy atom. The topological polar surface area (TPSA) is 58.6 Å². The summed E-state index contributed by atoms with van der Waals surface area (Å²) in [6.45, 7) is 2.09. The van der Waals surface area contributed by atoms with Crippen LogP contribution in [-0.2, 0) is 16.1 Å². The number of benzene rings is 1. The SMILES string of the molecule is C[C@H](NC(=O)COc1ccccc1)C(=O)N(C)Cc1ccsc1. The van der Waals surface area contributed by atoms with Crippen molar-refractivity contribution in [2.24, 2.45) is 0 Å². The summed E-state index contributed by atoms with van der Waals surface area (Å²) in [6.07, 6.45) is 0. The number of thiophene rings is 1. The number of carbonyl (C=O) groups excluding carboxylic acids is 2. The third-order valence-electron chi connectivity index (χ3n) is 3.24. The molecule has 0 bridgehead atoms. The number of nitrogens with one attached hydrogen (secondary N) is 1. The second kappa shape index (κ2) is 8.33. The molecule has 1 aromatic heterocycles. The third kappa shape index (κ3) is 5.41. The van der Waals surface area contributed by atoms with E-state index in [0.717, 1.165) is 5.56 Å². The van der Waals surface area contributed by atoms with Crippen LogP contribution in [0, 0.1) is 0 Å². The highest BCUT2D eigenvalue weighted by atomic mass is 32.1. The zero-order valence-electron chi connectivity index (χ0n) is 13.2. The highest BCUT2D eigenvalue weighted by Crippen LogP contribution is 2.09. The van der Waals surface area contributed by atoms with Crippen molar-refractivity contribution in [1.29, 1.82) is 0 Å². The number of likely N-dealkylation sites (N-methyl/N-ethyl adjacent to an activating group) is 1. The average Bonchev–Trinajstić information content (AvgIpc) is 3.06. The van der Waals surface area contributed by atoms with Crippen LogP contribution in [0.25, 0.3) is 0 Å². The van der Waals surface area contributed by atoms with Gasteiger partial charge in [0.15, 0.2) is 6.61 Å². The van der Waals surface area contributed by atoms with Crippen LogP contribution in [0.1, 0.15) is 12.5 Å². The van der Waals surface area contributed by atoms with Gasteiger partial charge < -0.3 is 15.0 Å². The maximum absolute atomic E-state index is 12.3. The first kappa shape index (κ1) is 17.0. The van der Waals surface area contributed by atoms with Crippen LogP contribution in [0.3, 0.4) is 0 Å². The van der Waals surface area contributed by atoms with E-state index in [9.17, 15) is 9.59 Å². The number of ether oxygens (including phenoxy) is 1. The van der Waals surface area contributed by atoms with E-state index in [2.05, 4.69) is 5.32 Å². The molecule has 2 amide bonds. The Morgan fingerprint density at radius 2 is 2.00 bits per heavy atom. The van der Waals surface area contributed by atoms with Gasteiger partial charge in [-0.05, 0) is 41.4 Å². The molecule has 2 rings (SSSR count). The first-order chi connectivity index (χ1) is 11.1. The average molecular weight is 332 g/mol. The van der Waals surface area contributed by atoms with Crippen molar-refractivity contribution in [2.75, 3.05) is 13.7 Å². The molecular weight excluding hydrogens is 312 g/mol. The monoisotopic (exact) mass is 332 g/mol. The Morgan fingerprint density at radius 3 is 2.65 bits per heavy atom. The van der Waals surface area contributed by atoms with Crippen LogP contribution in [-0.4, -0.2) is 36.4 Å². The predicted octanol–water partition coefficient (Wildman–Crippen LogP) is 2.29. The van der Waals surface area contributed by atoms with E-state index in [1.165, 1.54) is 0 Å². The lowest BCUT2D eigenvalue weighted by atomic mass is 10.2. The summed E-state index contributed by atoms with van der Waals surface area (Å²) in [4.78, 5) is 25.7. The van der Waals surface area contributed by atoms with E-state index in [1.807, 2.05) is 35.0 Å². The first-order valence-corrected chi connectivity index (χ1v) is 8.24. The minimum atomic E-state index is -0.592. The van der Waals surface area contributed by atoms with Crippen LogP contribution >= 0.6 is 11.3 Å². The van der Waals surface area contributed by atoms with Gasteiger partial charge in [0.2, 0.25) is 5.91 Å². The Labute approximate surface area is 139 Å². The standard InChI is InChI=1S/C17H20N2O3S/c1-13(17(21)19(2)10-14-8-9-23-12-14)18-16(20)11-22-15-6-4-3-5-7-15/h3-9,12-13H,10-11H2,1-2H3,(H,18,20)/t13-/m0/s1. The van der Waals surface area contributed by atoms with Crippen LogP contribution in [0.5, 0.6) is 5.75 Å². The number of nitrogens with zero attached hydrogens (tertiary/aromatic N) is 1. The molecule has 0 saturated carbocycles. The molecule has 0 radical (unpaired) electrons. The predicted molar refractivity (Wildman–Crippen MR) is 90.3 cm³/mol. The van der Waals surface area contributed by atoms with Gasteiger partial charge in [-0.3, -0.25) is 9.59 Å². The highest BCUT2D eigenvalue weighted by Gasteiger charge is 2.19. The molecule has 0 aliphatic rings. The molecule has 0 aliphatic heterocycles. The Balaban J connectivity index is 1.77. The molecule has 2 aromatic rings. The van der Waals surface area contributed by atoms with E-state index >= 15 is 0 Å². The molecular formula is C17H20N2O3S. The van der Waals surface area contributed by atoms with Crippen molar-refractivity contribution in [3.8, 4) is 5.75 Å². The van der Waals surface area contributed by atoms with E-state index < -0.39 is 6.04 Å². The van der Waals surface area contributed by atoms with Crippen LogP contribution < -0.4 is 10.1 Å². The lowest BCUT2D eigenvalue weighted by Gasteiger charge is -2.21. The van der Waals surface area contributed by atoms with E-state index in [0.29, 0.717) is 12.3 Å². The highest BCUT2D eigenvalue weighted by molar-refractivity contribution is 7.07. The van der Waals surface area contributed by atoms with Gasteiger partial charge in [-0.1, -0.05) is 18.2 Å². The van der Waals surface area contributed by atoms with Crippen molar-refractivity contribution in [3.63, 3.8) is 0 Å². The van der Waals surface area contributed by atoms with Crippen molar-refractivity contribution in [1.82, 2.24) is 10.2 Å². The van der Waals surface area contributed by atoms with E-state index in [-0.39, 0.29) is 18.4 Å². The first-order valence-electron chi connectivity index (χ1n) is 7.29. The number of amides is 2. The van der Waals surface area contributed by atoms with Gasteiger partial charge in [0.05, 0.1) is 0 Å². The molecule has 6 heteroatoms. The molecule has 5 nitrogen and oxygen atoms in total. The summed E-state index contributed by atoms with van der Waals surface area (Å²) in [5.41, 5.74) is 1.08. The van der Waals surface area contributed by atoms with Crippen molar-refractivity contribution in [2.45, 2.75) is 19.5 Å². The van der Waals surface area contributed by atoms with Crippen molar-refractivity contribution >= 4 is 23.2 Å². The van der Waals surface area contributed by atoms with Crippen LogP contribution in [0.15, 0.2) is 47.2 Å². The number of rotatable bonds is 7. The summed E-state index contributed by atoms with van der Waals surface area (Å²) >= 11 is 1.59. The molecule has 0 unspecified atom stereocenters. The zero-order chi connectivity index (χ0) is 16.7. The van der Waals surface area contributed by atoms with Gasteiger partial charge in [-0.15, -0.1) is 0 Å². The lowest BCUT2D eigenvalue weighted by Crippen LogP contribution is -2.46. The van der Waals surface area contributed by atoms with Crippen LogP contribution in [0.2, 0.25) is 0 Å². The fourth-order valence-corrected chi connectivity index (χ4v) is 2.74. The third-order valence-corrected chi connectivity index (χ3v) is 3.97. The van der Waals surface area contributed by atoms with Gasteiger partial charge in [-0.25, -0.2) is 0 Å². The Kier molecular flexibility index (Phi) is 6.17. The summed E-state index contributed by atoms with van der Waals surface area (Å²) in [6, 6.07) is 10.5. The van der Waals surface area contributed by atoms with Crippen molar-refractivity contribution in [3.05, 3.63) is 52.7 Å². The summed E-state index contributed by atoms with van der Waals surface area (Å²) in [5.74, 6) is 0.166. The van der Waals surface area contributed by atoms with Crippen molar-refractivity contribution < 1.29 is 14.3 Å². The summed E-state index contributed by atoms with van der Waals surface area (Å²) < 4.78 is 5.36. The molecule has 1 aromatic carbocycles. The summed E-state index contributed by atoms with van der Waals surface area (Å²) in [5, 5.41) is 6.63. The second-order valence-electron chi connectivity index (χ2n) is 5.22. The minimum absolute atomic E-state index is 0.115. The number of para-hydroxylation sites is 1. The molecule has 122 valence electrons. The number of hydrogen-bond donors (Lipinski definition) is 1. The molecule has 0 spiro atoms. The molecule has 0 fully saturated rings. The quantitative estimate of drug-likeness (QED) is 0.846. The molecule has 1 heterocycles. The minimum Gasteiger partial charge on any atom is -0.484 e. The van der Waals surface area contributed by atoms with Gasteiger partial charge in [0, 0.05) is 13.6 Å².